The van der Waals surface area contributed by atoms with Crippen molar-refractivity contribution in [2.45, 2.75) is 19.9 Å². The van der Waals surface area contributed by atoms with Crippen molar-refractivity contribution in [2.75, 3.05) is 6.54 Å². The van der Waals surface area contributed by atoms with Crippen LogP contribution >= 0.6 is 22.9 Å². The molecule has 1 aromatic heterocycles. The number of aryl methyl sites for hydroxylation is 1. The predicted octanol–water partition coefficient (Wildman–Crippen LogP) is 4.55. The lowest BCUT2D eigenvalue weighted by Gasteiger charge is -2.16. The molecule has 0 aliphatic carbocycles. The summed E-state index contributed by atoms with van der Waals surface area (Å²) in [5.74, 6) is -0.213. The van der Waals surface area contributed by atoms with E-state index in [9.17, 15) is 4.39 Å². The van der Waals surface area contributed by atoms with Crippen molar-refractivity contribution >= 4 is 22.9 Å². The Kier molecular flexibility index (Phi) is 4.38. The predicted molar refractivity (Wildman–Crippen MR) is 76.0 cm³/mol. The number of nitrogens with one attached hydrogen (secondary N) is 1. The van der Waals surface area contributed by atoms with Gasteiger partial charge in [0.05, 0.1) is 10.4 Å². The highest BCUT2D eigenvalue weighted by atomic mass is 35.5. The van der Waals surface area contributed by atoms with Gasteiger partial charge in [-0.15, -0.1) is 11.3 Å². The molecule has 1 N–H and O–H groups in total. The molecule has 0 fully saturated rings. The number of rotatable bonds is 4. The van der Waals surface area contributed by atoms with Crippen molar-refractivity contribution in [2.24, 2.45) is 0 Å². The fourth-order valence-corrected chi connectivity index (χ4v) is 3.22. The van der Waals surface area contributed by atoms with Gasteiger partial charge in [0, 0.05) is 4.88 Å². The van der Waals surface area contributed by atoms with Gasteiger partial charge in [0.15, 0.2) is 0 Å². The molecule has 0 aliphatic rings. The second kappa shape index (κ2) is 5.83. The van der Waals surface area contributed by atoms with Crippen LogP contribution in [-0.4, -0.2) is 6.54 Å². The van der Waals surface area contributed by atoms with E-state index in [0.29, 0.717) is 0 Å². The molecule has 1 heterocycles. The molecule has 1 nitrogen and oxygen atoms in total. The van der Waals surface area contributed by atoms with E-state index in [1.165, 1.54) is 6.07 Å². The normalized spacial score (nSPS) is 12.7. The molecule has 0 saturated heterocycles. The lowest BCUT2D eigenvalue weighted by atomic mass is 10.0. The first-order valence-electron chi connectivity index (χ1n) is 5.86. The molecule has 1 aromatic carbocycles. The van der Waals surface area contributed by atoms with Crippen LogP contribution in [0.4, 0.5) is 4.39 Å². The fraction of sp³-hybridized carbons (Fsp3) is 0.286. The first kappa shape index (κ1) is 13.5. The Morgan fingerprint density at radius 1 is 1.39 bits per heavy atom. The second-order valence-electron chi connectivity index (χ2n) is 4.15. The topological polar surface area (TPSA) is 12.0 Å². The highest BCUT2D eigenvalue weighted by molar-refractivity contribution is 7.16. The van der Waals surface area contributed by atoms with Gasteiger partial charge in [-0.1, -0.05) is 30.7 Å². The van der Waals surface area contributed by atoms with Gasteiger partial charge in [-0.3, -0.25) is 0 Å². The average Bonchev–Trinajstić information content (AvgIpc) is 2.66. The quantitative estimate of drug-likeness (QED) is 0.868. The maximum Gasteiger partial charge on any atom is 0.123 e. The zero-order chi connectivity index (χ0) is 13.1. The number of halogens is 2. The second-order valence-corrected chi connectivity index (χ2v) is 5.84. The van der Waals surface area contributed by atoms with Crippen LogP contribution in [-0.2, 0) is 0 Å². The van der Waals surface area contributed by atoms with E-state index in [1.54, 1.807) is 23.5 Å². The van der Waals surface area contributed by atoms with E-state index >= 15 is 0 Å². The van der Waals surface area contributed by atoms with Gasteiger partial charge in [0.25, 0.3) is 0 Å². The van der Waals surface area contributed by atoms with Crippen LogP contribution < -0.4 is 5.32 Å². The number of hydrogen-bond donors (Lipinski definition) is 1. The van der Waals surface area contributed by atoms with Gasteiger partial charge in [-0.2, -0.15) is 0 Å². The molecule has 4 heteroatoms. The Hall–Kier alpha value is -0.900. The minimum atomic E-state index is -0.213. The molecule has 1 unspecified atom stereocenters. The first-order chi connectivity index (χ1) is 8.61. The number of hydrogen-bond acceptors (Lipinski definition) is 2. The molecule has 0 amide bonds. The van der Waals surface area contributed by atoms with E-state index in [1.807, 2.05) is 19.9 Å². The molecular formula is C14H15ClFNS. The van der Waals surface area contributed by atoms with Gasteiger partial charge < -0.3 is 5.32 Å². The molecule has 96 valence electrons. The van der Waals surface area contributed by atoms with Crippen molar-refractivity contribution in [3.05, 3.63) is 56.5 Å². The van der Waals surface area contributed by atoms with Crippen molar-refractivity contribution < 1.29 is 4.39 Å². The summed E-state index contributed by atoms with van der Waals surface area (Å²) in [5, 5.41) is 3.37. The van der Waals surface area contributed by atoms with Crippen molar-refractivity contribution in [3.8, 4) is 0 Å². The average molecular weight is 284 g/mol. The Morgan fingerprint density at radius 2 is 2.17 bits per heavy atom. The van der Waals surface area contributed by atoms with Gasteiger partial charge in [0.2, 0.25) is 0 Å². The monoisotopic (exact) mass is 283 g/mol. The summed E-state index contributed by atoms with van der Waals surface area (Å²) in [6.07, 6.45) is 0. The SMILES string of the molecule is CCNC(c1cccc(F)c1)c1cc(C)c(Cl)s1. The lowest BCUT2D eigenvalue weighted by molar-refractivity contribution is 0.607. The third-order valence-corrected chi connectivity index (χ3v) is 4.37. The smallest absolute Gasteiger partial charge is 0.123 e. The van der Waals surface area contributed by atoms with Crippen LogP contribution in [0.25, 0.3) is 0 Å². The molecular weight excluding hydrogens is 269 g/mol. The van der Waals surface area contributed by atoms with E-state index in [2.05, 4.69) is 11.4 Å². The van der Waals surface area contributed by atoms with Gasteiger partial charge in [0.1, 0.15) is 5.82 Å². The summed E-state index contributed by atoms with van der Waals surface area (Å²) in [6, 6.07) is 8.75. The largest absolute Gasteiger partial charge is 0.306 e. The highest BCUT2D eigenvalue weighted by Crippen LogP contribution is 2.34. The molecule has 2 aromatic rings. The minimum Gasteiger partial charge on any atom is -0.306 e. The summed E-state index contributed by atoms with van der Waals surface area (Å²) < 4.78 is 14.1. The minimum absolute atomic E-state index is 0.00176. The van der Waals surface area contributed by atoms with Crippen LogP contribution in [0.3, 0.4) is 0 Å². The fourth-order valence-electron chi connectivity index (χ4n) is 1.90. The zero-order valence-electron chi connectivity index (χ0n) is 10.3. The maximum atomic E-state index is 13.3. The number of thiophene rings is 1. The third kappa shape index (κ3) is 2.91. The van der Waals surface area contributed by atoms with Crippen molar-refractivity contribution in [3.63, 3.8) is 0 Å². The van der Waals surface area contributed by atoms with Crippen LogP contribution in [0.15, 0.2) is 30.3 Å². The van der Waals surface area contributed by atoms with Crippen LogP contribution in [0, 0.1) is 12.7 Å². The van der Waals surface area contributed by atoms with E-state index in [0.717, 1.165) is 26.9 Å². The van der Waals surface area contributed by atoms with E-state index in [4.69, 9.17) is 11.6 Å². The first-order valence-corrected chi connectivity index (χ1v) is 7.06. The van der Waals surface area contributed by atoms with Crippen molar-refractivity contribution in [1.29, 1.82) is 0 Å². The highest BCUT2D eigenvalue weighted by Gasteiger charge is 2.17. The summed E-state index contributed by atoms with van der Waals surface area (Å²) in [6.45, 7) is 4.83. The van der Waals surface area contributed by atoms with Crippen molar-refractivity contribution in [1.82, 2.24) is 5.32 Å². The van der Waals surface area contributed by atoms with Crippen LogP contribution in [0.1, 0.15) is 29.0 Å². The number of benzene rings is 1. The Labute approximate surface area is 116 Å². The Morgan fingerprint density at radius 3 is 2.72 bits per heavy atom. The van der Waals surface area contributed by atoms with Gasteiger partial charge in [-0.25, -0.2) is 4.39 Å². The molecule has 2 rings (SSSR count). The molecule has 0 saturated carbocycles. The summed E-state index contributed by atoms with van der Waals surface area (Å²) in [4.78, 5) is 1.12. The van der Waals surface area contributed by atoms with Gasteiger partial charge in [-0.05, 0) is 42.8 Å². The Bertz CT molecular complexity index is 519. The maximum absolute atomic E-state index is 13.3. The van der Waals surface area contributed by atoms with Gasteiger partial charge >= 0.3 is 0 Å². The molecule has 0 spiro atoms. The molecule has 18 heavy (non-hydrogen) atoms. The Balaban J connectivity index is 2.39. The zero-order valence-corrected chi connectivity index (χ0v) is 11.9. The van der Waals surface area contributed by atoms with E-state index < -0.39 is 0 Å². The van der Waals surface area contributed by atoms with Crippen LogP contribution in [0.5, 0.6) is 0 Å². The third-order valence-electron chi connectivity index (χ3n) is 2.75. The lowest BCUT2D eigenvalue weighted by Crippen LogP contribution is -2.21. The standard InChI is InChI=1S/C14H15ClFNS/c1-3-17-13(10-5-4-6-11(16)8-10)12-7-9(2)14(15)18-12/h4-8,13,17H,3H2,1-2H3. The molecule has 0 radical (unpaired) electrons. The summed E-state index contributed by atoms with van der Waals surface area (Å²) >= 11 is 7.65. The molecule has 0 bridgehead atoms. The molecule has 0 aliphatic heterocycles. The van der Waals surface area contributed by atoms with Crippen LogP contribution in [0.2, 0.25) is 4.34 Å². The summed E-state index contributed by atoms with van der Waals surface area (Å²) in [5.41, 5.74) is 1.99. The summed E-state index contributed by atoms with van der Waals surface area (Å²) in [7, 11) is 0. The van der Waals surface area contributed by atoms with E-state index in [-0.39, 0.29) is 11.9 Å². The molecule has 1 atom stereocenters.